The molecule has 0 N–H and O–H groups in total. The van der Waals surface area contributed by atoms with Gasteiger partial charge in [-0.2, -0.15) is 0 Å². The topological polar surface area (TPSA) is 9.86 Å². The van der Waals surface area contributed by atoms with Gasteiger partial charge in [0.1, 0.15) is 28.8 Å². The van der Waals surface area contributed by atoms with Crippen LogP contribution in [0.15, 0.2) is 152 Å². The van der Waals surface area contributed by atoms with Crippen molar-refractivity contribution < 1.29 is 0 Å². The fourth-order valence-corrected chi connectivity index (χ4v) is 11.6. The monoisotopic (exact) mass is 535 g/mol. The minimum absolute atomic E-state index is 0.0944. The summed E-state index contributed by atoms with van der Waals surface area (Å²) >= 11 is 0. The molecule has 0 atom stereocenters. The van der Waals surface area contributed by atoms with Gasteiger partial charge in [0.05, 0.1) is 0 Å². The van der Waals surface area contributed by atoms with Crippen molar-refractivity contribution >= 4 is 45.0 Å². The molecular formula is C37H32N2P+. The Morgan fingerprint density at radius 1 is 0.425 bits per heavy atom. The van der Waals surface area contributed by atoms with Crippen LogP contribution < -0.4 is 15.9 Å². The molecule has 2 nitrogen and oxygen atoms in total. The van der Waals surface area contributed by atoms with Crippen LogP contribution in [0.3, 0.4) is 0 Å². The van der Waals surface area contributed by atoms with Crippen molar-refractivity contribution in [3.8, 4) is 0 Å². The number of fused-ring (bicyclic) bond motifs is 2. The predicted molar refractivity (Wildman–Crippen MR) is 173 cm³/mol. The molecule has 194 valence electrons. The Morgan fingerprint density at radius 2 is 0.750 bits per heavy atom. The number of para-hydroxylation sites is 2. The van der Waals surface area contributed by atoms with E-state index in [1.165, 1.54) is 48.8 Å². The SMILES string of the molecule is Cn1cc(C(c2cn(C)c3ccccc23)[P+](c2ccccc2)(c2ccccc2)c2ccccc2)c2ccccc21. The minimum atomic E-state index is -2.32. The van der Waals surface area contributed by atoms with E-state index in [1.807, 2.05) is 0 Å². The van der Waals surface area contributed by atoms with E-state index in [9.17, 15) is 0 Å². The van der Waals surface area contributed by atoms with E-state index < -0.39 is 7.26 Å². The van der Waals surface area contributed by atoms with Gasteiger partial charge in [0.2, 0.25) is 0 Å². The van der Waals surface area contributed by atoms with Gasteiger partial charge in [0.15, 0.2) is 0 Å². The molecule has 0 saturated carbocycles. The molecule has 0 radical (unpaired) electrons. The molecule has 5 aromatic carbocycles. The third-order valence-corrected chi connectivity index (χ3v) is 13.0. The highest BCUT2D eigenvalue weighted by atomic mass is 31.2. The van der Waals surface area contributed by atoms with Crippen LogP contribution in [-0.4, -0.2) is 9.13 Å². The van der Waals surface area contributed by atoms with Gasteiger partial charge in [-0.25, -0.2) is 0 Å². The highest BCUT2D eigenvalue weighted by molar-refractivity contribution is 7.96. The quantitative estimate of drug-likeness (QED) is 0.193. The van der Waals surface area contributed by atoms with E-state index in [0.717, 1.165) is 0 Å². The summed E-state index contributed by atoms with van der Waals surface area (Å²) in [6.07, 6.45) is 4.78. The second-order valence-electron chi connectivity index (χ2n) is 10.6. The summed E-state index contributed by atoms with van der Waals surface area (Å²) in [7, 11) is 2.04. The van der Waals surface area contributed by atoms with Crippen LogP contribution >= 0.6 is 7.26 Å². The molecule has 2 heterocycles. The summed E-state index contributed by atoms with van der Waals surface area (Å²) in [6, 6.07) is 51.6. The highest BCUT2D eigenvalue weighted by Gasteiger charge is 2.55. The van der Waals surface area contributed by atoms with Crippen molar-refractivity contribution in [2.75, 3.05) is 0 Å². The van der Waals surface area contributed by atoms with Crippen LogP contribution in [0.5, 0.6) is 0 Å². The lowest BCUT2D eigenvalue weighted by molar-refractivity contribution is 0.943. The smallest absolute Gasteiger partial charge is 0.138 e. The number of aromatic nitrogens is 2. The molecule has 0 unspecified atom stereocenters. The fourth-order valence-electron chi connectivity index (χ4n) is 6.65. The zero-order valence-electron chi connectivity index (χ0n) is 22.9. The standard InChI is InChI=1S/C37H32N2P/c1-38-26-33(31-22-12-14-24-35(31)38)37(34-27-39(2)36-25-15-13-23-32(34)36)40(28-16-6-3-7-17-28,29-18-8-4-9-19-29)30-20-10-5-11-21-30/h3-27,37H,1-2H3/q+1. The van der Waals surface area contributed by atoms with Crippen LogP contribution in [0.2, 0.25) is 0 Å². The lowest BCUT2D eigenvalue weighted by Gasteiger charge is -2.35. The van der Waals surface area contributed by atoms with E-state index in [-0.39, 0.29) is 5.66 Å². The Balaban J connectivity index is 1.71. The van der Waals surface area contributed by atoms with Gasteiger partial charge in [-0.3, -0.25) is 0 Å². The molecule has 0 saturated heterocycles. The van der Waals surface area contributed by atoms with Crippen LogP contribution in [0.25, 0.3) is 21.8 Å². The summed E-state index contributed by atoms with van der Waals surface area (Å²) in [6.45, 7) is 0. The normalized spacial score (nSPS) is 12.0. The first-order valence-electron chi connectivity index (χ1n) is 13.8. The molecule has 7 aromatic rings. The molecule has 0 aliphatic rings. The first-order chi connectivity index (χ1) is 19.7. The van der Waals surface area contributed by atoms with Crippen LogP contribution in [-0.2, 0) is 14.1 Å². The molecule has 0 amide bonds. The Labute approximate surface area is 236 Å². The Bertz CT molecular complexity index is 1740. The third-order valence-electron chi connectivity index (χ3n) is 8.32. The predicted octanol–water partition coefficient (Wildman–Crippen LogP) is 7.75. The average molecular weight is 536 g/mol. The van der Waals surface area contributed by atoms with E-state index in [0.29, 0.717) is 0 Å². The maximum atomic E-state index is 2.39. The van der Waals surface area contributed by atoms with Gasteiger partial charge in [0, 0.05) is 59.4 Å². The second kappa shape index (κ2) is 9.97. The van der Waals surface area contributed by atoms with Crippen LogP contribution in [0, 0.1) is 0 Å². The average Bonchev–Trinajstić information content (AvgIpc) is 3.53. The van der Waals surface area contributed by atoms with Gasteiger partial charge in [0.25, 0.3) is 0 Å². The largest absolute Gasteiger partial charge is 0.350 e. The zero-order valence-corrected chi connectivity index (χ0v) is 23.7. The molecular weight excluding hydrogens is 503 g/mol. The van der Waals surface area contributed by atoms with Crippen molar-refractivity contribution in [2.24, 2.45) is 14.1 Å². The van der Waals surface area contributed by atoms with Crippen molar-refractivity contribution in [1.29, 1.82) is 0 Å². The zero-order chi connectivity index (χ0) is 27.1. The first kappa shape index (κ1) is 24.6. The molecule has 2 aromatic heterocycles. The summed E-state index contributed by atoms with van der Waals surface area (Å²) < 4.78 is 4.61. The molecule has 3 heteroatoms. The lowest BCUT2D eigenvalue weighted by atomic mass is 10.0. The number of hydrogen-bond acceptors (Lipinski definition) is 0. The summed E-state index contributed by atoms with van der Waals surface area (Å²) in [4.78, 5) is 0. The van der Waals surface area contributed by atoms with E-state index in [2.05, 4.69) is 175 Å². The minimum Gasteiger partial charge on any atom is -0.350 e. The van der Waals surface area contributed by atoms with E-state index in [1.54, 1.807) is 0 Å². The van der Waals surface area contributed by atoms with E-state index >= 15 is 0 Å². The van der Waals surface area contributed by atoms with Crippen molar-refractivity contribution in [1.82, 2.24) is 9.13 Å². The summed E-state index contributed by atoms with van der Waals surface area (Å²) in [5.41, 5.74) is 5.36. The highest BCUT2D eigenvalue weighted by Crippen LogP contribution is 2.70. The Hall–Kier alpha value is -4.39. The number of nitrogens with zero attached hydrogens (tertiary/aromatic N) is 2. The molecule has 0 aliphatic carbocycles. The van der Waals surface area contributed by atoms with Gasteiger partial charge < -0.3 is 9.13 Å². The molecule has 0 spiro atoms. The lowest BCUT2D eigenvalue weighted by Crippen LogP contribution is -2.35. The number of hydrogen-bond donors (Lipinski definition) is 0. The van der Waals surface area contributed by atoms with Gasteiger partial charge in [-0.15, -0.1) is 0 Å². The van der Waals surface area contributed by atoms with Gasteiger partial charge in [-0.1, -0.05) is 91.0 Å². The molecule has 7 rings (SSSR count). The van der Waals surface area contributed by atoms with Crippen molar-refractivity contribution in [3.05, 3.63) is 163 Å². The fraction of sp³-hybridized carbons (Fsp3) is 0.0811. The second-order valence-corrected chi connectivity index (χ2v) is 14.1. The maximum Gasteiger partial charge on any atom is 0.138 e. The molecule has 40 heavy (non-hydrogen) atoms. The van der Waals surface area contributed by atoms with Crippen molar-refractivity contribution in [3.63, 3.8) is 0 Å². The van der Waals surface area contributed by atoms with Crippen LogP contribution in [0.4, 0.5) is 0 Å². The van der Waals surface area contributed by atoms with Crippen molar-refractivity contribution in [2.45, 2.75) is 5.66 Å². The van der Waals surface area contributed by atoms with E-state index in [4.69, 9.17) is 0 Å². The number of aryl methyl sites for hydroxylation is 2. The molecule has 0 aliphatic heterocycles. The van der Waals surface area contributed by atoms with Gasteiger partial charge in [-0.05, 0) is 48.5 Å². The number of benzene rings is 5. The summed E-state index contributed by atoms with van der Waals surface area (Å²) in [5.74, 6) is 0. The Morgan fingerprint density at radius 3 is 1.12 bits per heavy atom. The van der Waals surface area contributed by atoms with Crippen LogP contribution in [0.1, 0.15) is 16.8 Å². The number of rotatable bonds is 6. The molecule has 0 fully saturated rings. The summed E-state index contributed by atoms with van der Waals surface area (Å²) in [5, 5.41) is 6.79. The van der Waals surface area contributed by atoms with Gasteiger partial charge >= 0.3 is 0 Å². The Kier molecular flexibility index (Phi) is 6.14. The first-order valence-corrected chi connectivity index (χ1v) is 15.7. The molecule has 0 bridgehead atoms. The maximum absolute atomic E-state index is 2.39. The third kappa shape index (κ3) is 3.75.